The number of nitrogens with zero attached hydrogens (tertiary/aromatic N) is 1. The van der Waals surface area contributed by atoms with E-state index < -0.39 is 0 Å². The Hall–Kier alpha value is -1.06. The summed E-state index contributed by atoms with van der Waals surface area (Å²) in [6.45, 7) is 6.45. The van der Waals surface area contributed by atoms with Gasteiger partial charge in [-0.05, 0) is 49.9 Å². The van der Waals surface area contributed by atoms with Gasteiger partial charge in [-0.3, -0.25) is 9.69 Å². The summed E-state index contributed by atoms with van der Waals surface area (Å²) in [6.07, 6.45) is 2.62. The molecule has 1 aromatic rings. The fourth-order valence-electron chi connectivity index (χ4n) is 2.05. The smallest absolute Gasteiger partial charge is 0.238 e. The number of amides is 1. The number of anilines is 1. The van der Waals surface area contributed by atoms with Crippen molar-refractivity contribution in [1.82, 2.24) is 4.90 Å². The molecule has 1 aromatic carbocycles. The second kappa shape index (κ2) is 6.40. The third-order valence-electron chi connectivity index (χ3n) is 3.48. The molecule has 1 amide bonds. The third kappa shape index (κ3) is 4.51. The first-order chi connectivity index (χ1) is 9.08. The van der Waals surface area contributed by atoms with Gasteiger partial charge in [0.05, 0.1) is 6.54 Å². The van der Waals surface area contributed by atoms with Gasteiger partial charge in [0.25, 0.3) is 0 Å². The van der Waals surface area contributed by atoms with Crippen LogP contribution in [0.15, 0.2) is 18.2 Å². The monoisotopic (exact) mass is 280 g/mol. The molecule has 1 aliphatic carbocycles. The molecule has 0 spiro atoms. The van der Waals surface area contributed by atoms with Gasteiger partial charge in [0.1, 0.15) is 0 Å². The molecule has 4 heteroatoms. The van der Waals surface area contributed by atoms with Crippen molar-refractivity contribution in [2.24, 2.45) is 5.92 Å². The molecular weight excluding hydrogens is 260 g/mol. The highest BCUT2D eigenvalue weighted by Gasteiger charge is 2.24. The summed E-state index contributed by atoms with van der Waals surface area (Å²) in [5.74, 6) is 0.837. The Morgan fingerprint density at radius 3 is 2.79 bits per heavy atom. The van der Waals surface area contributed by atoms with E-state index in [0.29, 0.717) is 11.6 Å². The van der Waals surface area contributed by atoms with Crippen molar-refractivity contribution in [3.63, 3.8) is 0 Å². The number of nitrogens with one attached hydrogen (secondary N) is 1. The number of carbonyl (C=O) groups is 1. The molecule has 19 heavy (non-hydrogen) atoms. The van der Waals surface area contributed by atoms with Crippen molar-refractivity contribution in [2.75, 3.05) is 25.0 Å². The van der Waals surface area contributed by atoms with Crippen molar-refractivity contribution >= 4 is 23.2 Å². The largest absolute Gasteiger partial charge is 0.325 e. The molecule has 0 heterocycles. The quantitative estimate of drug-likeness (QED) is 0.867. The van der Waals surface area contributed by atoms with Crippen LogP contribution >= 0.6 is 11.6 Å². The summed E-state index contributed by atoms with van der Waals surface area (Å²) < 4.78 is 0. The molecule has 0 radical (unpaired) electrons. The van der Waals surface area contributed by atoms with Crippen LogP contribution in [-0.4, -0.2) is 30.4 Å². The lowest BCUT2D eigenvalue weighted by Gasteiger charge is -2.19. The van der Waals surface area contributed by atoms with Gasteiger partial charge in [-0.15, -0.1) is 0 Å². The molecule has 1 fully saturated rings. The Labute approximate surface area is 119 Å². The van der Waals surface area contributed by atoms with Gasteiger partial charge >= 0.3 is 0 Å². The molecule has 1 saturated carbocycles. The van der Waals surface area contributed by atoms with Gasteiger partial charge in [-0.1, -0.05) is 24.6 Å². The maximum absolute atomic E-state index is 12.0. The van der Waals surface area contributed by atoms with Crippen LogP contribution in [0.2, 0.25) is 5.02 Å². The van der Waals surface area contributed by atoms with Crippen LogP contribution in [0.25, 0.3) is 0 Å². The first-order valence-corrected chi connectivity index (χ1v) is 7.24. The highest BCUT2D eigenvalue weighted by atomic mass is 35.5. The fraction of sp³-hybridized carbons (Fsp3) is 0.533. The zero-order valence-corrected chi connectivity index (χ0v) is 12.3. The first kappa shape index (κ1) is 14.4. The van der Waals surface area contributed by atoms with Gasteiger partial charge < -0.3 is 5.32 Å². The van der Waals surface area contributed by atoms with E-state index in [1.54, 1.807) is 6.07 Å². The van der Waals surface area contributed by atoms with Crippen molar-refractivity contribution < 1.29 is 4.79 Å². The van der Waals surface area contributed by atoms with Crippen LogP contribution in [0.5, 0.6) is 0 Å². The molecule has 0 aliphatic heterocycles. The van der Waals surface area contributed by atoms with Crippen LogP contribution in [0, 0.1) is 12.8 Å². The van der Waals surface area contributed by atoms with Gasteiger partial charge in [-0.25, -0.2) is 0 Å². The van der Waals surface area contributed by atoms with Gasteiger partial charge in [0.2, 0.25) is 5.91 Å². The molecule has 0 unspecified atom stereocenters. The highest BCUT2D eigenvalue weighted by Crippen LogP contribution is 2.29. The SMILES string of the molecule is CCN(CC(=O)Nc1ccc(C)c(Cl)c1)CC1CC1. The molecule has 0 atom stereocenters. The average molecular weight is 281 g/mol. The van der Waals surface area contributed by atoms with E-state index in [0.717, 1.165) is 30.3 Å². The van der Waals surface area contributed by atoms with Gasteiger partial charge in [-0.2, -0.15) is 0 Å². The molecule has 0 saturated heterocycles. The molecule has 1 aliphatic rings. The number of carbonyl (C=O) groups excluding carboxylic acids is 1. The van der Waals surface area contributed by atoms with Gasteiger partial charge in [0.15, 0.2) is 0 Å². The number of benzene rings is 1. The lowest BCUT2D eigenvalue weighted by atomic mass is 10.2. The molecule has 104 valence electrons. The number of rotatable bonds is 6. The fourth-order valence-corrected chi connectivity index (χ4v) is 2.23. The van der Waals surface area contributed by atoms with Gasteiger partial charge in [0, 0.05) is 17.3 Å². The standard InChI is InChI=1S/C15H21ClN2O/c1-3-18(9-12-5-6-12)10-15(19)17-13-7-4-11(2)14(16)8-13/h4,7-8,12H,3,5-6,9-10H2,1-2H3,(H,17,19). The average Bonchev–Trinajstić information content (AvgIpc) is 3.17. The molecule has 0 aromatic heterocycles. The van der Waals surface area contributed by atoms with Crippen LogP contribution < -0.4 is 5.32 Å². The Kier molecular flexibility index (Phi) is 4.83. The molecule has 1 N–H and O–H groups in total. The molecule has 2 rings (SSSR count). The lowest BCUT2D eigenvalue weighted by Crippen LogP contribution is -2.34. The van der Waals surface area contributed by atoms with Crippen molar-refractivity contribution in [3.05, 3.63) is 28.8 Å². The second-order valence-electron chi connectivity index (χ2n) is 5.28. The summed E-state index contributed by atoms with van der Waals surface area (Å²) in [5, 5.41) is 3.59. The predicted molar refractivity (Wildman–Crippen MR) is 79.7 cm³/mol. The van der Waals surface area contributed by atoms with Crippen LogP contribution in [0.3, 0.4) is 0 Å². The minimum absolute atomic E-state index is 0.0300. The molecular formula is C15H21ClN2O. The zero-order chi connectivity index (χ0) is 13.8. The Bertz CT molecular complexity index is 457. The van der Waals surface area contributed by atoms with Crippen molar-refractivity contribution in [1.29, 1.82) is 0 Å². The Morgan fingerprint density at radius 2 is 2.21 bits per heavy atom. The van der Waals surface area contributed by atoms with Crippen LogP contribution in [0.4, 0.5) is 5.69 Å². The Morgan fingerprint density at radius 1 is 1.47 bits per heavy atom. The molecule has 0 bridgehead atoms. The second-order valence-corrected chi connectivity index (χ2v) is 5.69. The maximum Gasteiger partial charge on any atom is 0.238 e. The van der Waals surface area contributed by atoms with Crippen LogP contribution in [-0.2, 0) is 4.79 Å². The van der Waals surface area contributed by atoms with E-state index in [1.807, 2.05) is 19.1 Å². The van der Waals surface area contributed by atoms with Crippen molar-refractivity contribution in [2.45, 2.75) is 26.7 Å². The maximum atomic E-state index is 12.0. The zero-order valence-electron chi connectivity index (χ0n) is 11.6. The van der Waals surface area contributed by atoms with Crippen LogP contribution in [0.1, 0.15) is 25.3 Å². The predicted octanol–water partition coefficient (Wildman–Crippen LogP) is 3.32. The summed E-state index contributed by atoms with van der Waals surface area (Å²) in [5.41, 5.74) is 1.78. The number of halogens is 1. The normalized spacial score (nSPS) is 14.7. The topological polar surface area (TPSA) is 32.3 Å². The van der Waals surface area contributed by atoms with E-state index in [1.165, 1.54) is 12.8 Å². The lowest BCUT2D eigenvalue weighted by molar-refractivity contribution is -0.117. The third-order valence-corrected chi connectivity index (χ3v) is 3.89. The van der Waals surface area contributed by atoms with E-state index in [9.17, 15) is 4.79 Å². The van der Waals surface area contributed by atoms with E-state index >= 15 is 0 Å². The number of aryl methyl sites for hydroxylation is 1. The highest BCUT2D eigenvalue weighted by molar-refractivity contribution is 6.31. The first-order valence-electron chi connectivity index (χ1n) is 6.87. The van der Waals surface area contributed by atoms with E-state index in [-0.39, 0.29) is 5.91 Å². The summed E-state index contributed by atoms with van der Waals surface area (Å²) in [7, 11) is 0. The van der Waals surface area contributed by atoms with E-state index in [2.05, 4.69) is 17.1 Å². The molecule has 3 nitrogen and oxygen atoms in total. The Balaban J connectivity index is 1.86. The number of likely N-dealkylation sites (N-methyl/N-ethyl adjacent to an activating group) is 1. The minimum atomic E-state index is 0.0300. The number of hydrogen-bond acceptors (Lipinski definition) is 2. The van der Waals surface area contributed by atoms with E-state index in [4.69, 9.17) is 11.6 Å². The minimum Gasteiger partial charge on any atom is -0.325 e. The van der Waals surface area contributed by atoms with Crippen molar-refractivity contribution in [3.8, 4) is 0 Å². The summed E-state index contributed by atoms with van der Waals surface area (Å²) in [6, 6.07) is 5.60. The number of hydrogen-bond donors (Lipinski definition) is 1. The summed E-state index contributed by atoms with van der Waals surface area (Å²) in [4.78, 5) is 14.2. The summed E-state index contributed by atoms with van der Waals surface area (Å²) >= 11 is 6.05.